The summed E-state index contributed by atoms with van der Waals surface area (Å²) in [7, 11) is 1.29. The van der Waals surface area contributed by atoms with Crippen LogP contribution in [0.1, 0.15) is 16.8 Å². The minimum Gasteiger partial charge on any atom is -0.465 e. The normalized spacial score (nSPS) is 16.5. The highest BCUT2D eigenvalue weighted by Gasteiger charge is 2.36. The van der Waals surface area contributed by atoms with Crippen LogP contribution >= 0.6 is 11.6 Å². The van der Waals surface area contributed by atoms with Crippen molar-refractivity contribution in [3.8, 4) is 5.75 Å². The highest BCUT2D eigenvalue weighted by Crippen LogP contribution is 2.28. The number of carbonyl (C=O) groups is 3. The molecular weight excluding hydrogens is 358 g/mol. The molecule has 2 aromatic rings. The van der Waals surface area contributed by atoms with Crippen molar-refractivity contribution < 1.29 is 23.9 Å². The van der Waals surface area contributed by atoms with Gasteiger partial charge >= 0.3 is 11.9 Å². The maximum atomic E-state index is 12.4. The van der Waals surface area contributed by atoms with E-state index in [2.05, 4.69) is 4.74 Å². The number of carbonyl (C=O) groups excluding carboxylic acids is 3. The lowest BCUT2D eigenvalue weighted by molar-refractivity contribution is -0.139. The van der Waals surface area contributed by atoms with Gasteiger partial charge in [-0.1, -0.05) is 17.7 Å². The van der Waals surface area contributed by atoms with Crippen LogP contribution in [0.3, 0.4) is 0 Å². The maximum Gasteiger partial charge on any atom is 0.337 e. The number of halogens is 1. The van der Waals surface area contributed by atoms with E-state index in [0.29, 0.717) is 22.0 Å². The zero-order chi connectivity index (χ0) is 18.7. The number of hydrogen-bond acceptors (Lipinski definition) is 5. The summed E-state index contributed by atoms with van der Waals surface area (Å²) in [5, 5.41) is 0.520. The number of hydrogen-bond donors (Lipinski definition) is 0. The number of rotatable bonds is 4. The van der Waals surface area contributed by atoms with E-state index in [-0.39, 0.29) is 18.9 Å². The van der Waals surface area contributed by atoms with E-state index in [1.165, 1.54) is 36.3 Å². The monoisotopic (exact) mass is 373 g/mol. The van der Waals surface area contributed by atoms with Crippen LogP contribution in [-0.2, 0) is 14.3 Å². The Morgan fingerprint density at radius 3 is 2.54 bits per heavy atom. The summed E-state index contributed by atoms with van der Waals surface area (Å²) in [6.45, 7) is 0.234. The quantitative estimate of drug-likeness (QED) is 0.608. The van der Waals surface area contributed by atoms with Crippen LogP contribution in [0.5, 0.6) is 5.75 Å². The molecule has 134 valence electrons. The lowest BCUT2D eigenvalue weighted by Crippen LogP contribution is -2.27. The summed E-state index contributed by atoms with van der Waals surface area (Å²) in [4.78, 5) is 37.5. The van der Waals surface area contributed by atoms with E-state index in [9.17, 15) is 14.4 Å². The van der Waals surface area contributed by atoms with Crippen molar-refractivity contribution in [3.05, 3.63) is 59.1 Å². The lowest BCUT2D eigenvalue weighted by Gasteiger charge is -2.16. The van der Waals surface area contributed by atoms with Crippen LogP contribution in [0.25, 0.3) is 0 Å². The van der Waals surface area contributed by atoms with Gasteiger partial charge in [0.05, 0.1) is 18.6 Å². The van der Waals surface area contributed by atoms with Crippen molar-refractivity contribution in [1.82, 2.24) is 0 Å². The Kier molecular flexibility index (Phi) is 5.23. The molecule has 0 N–H and O–H groups in total. The van der Waals surface area contributed by atoms with E-state index in [4.69, 9.17) is 16.3 Å². The number of amides is 1. The van der Waals surface area contributed by atoms with Gasteiger partial charge in [-0.25, -0.2) is 4.79 Å². The van der Waals surface area contributed by atoms with Crippen LogP contribution in [-0.4, -0.2) is 31.5 Å². The number of ether oxygens (including phenoxy) is 2. The molecule has 0 radical (unpaired) electrons. The first-order chi connectivity index (χ1) is 12.5. The van der Waals surface area contributed by atoms with Crippen molar-refractivity contribution in [3.63, 3.8) is 0 Å². The highest BCUT2D eigenvalue weighted by atomic mass is 35.5. The molecule has 1 aliphatic rings. The molecule has 2 aromatic carbocycles. The Labute approximate surface area is 155 Å². The third kappa shape index (κ3) is 3.86. The largest absolute Gasteiger partial charge is 0.465 e. The second-order valence-corrected chi connectivity index (χ2v) is 6.26. The molecule has 7 heteroatoms. The molecule has 1 unspecified atom stereocenters. The van der Waals surface area contributed by atoms with Crippen molar-refractivity contribution >= 4 is 35.1 Å². The summed E-state index contributed by atoms with van der Waals surface area (Å²) >= 11 is 5.96. The smallest absolute Gasteiger partial charge is 0.337 e. The molecule has 1 heterocycles. The molecule has 1 atom stereocenters. The standard InChI is InChI=1S/C19H16ClNO5/c1-25-18(23)12-5-7-16(8-6-12)26-19(24)13-9-17(22)21(11-13)15-4-2-3-14(20)10-15/h2-8,10,13H,9,11H2,1H3. The van der Waals surface area contributed by atoms with Crippen molar-refractivity contribution in [2.75, 3.05) is 18.6 Å². The summed E-state index contributed by atoms with van der Waals surface area (Å²) in [6.07, 6.45) is 0.0750. The number of methoxy groups -OCH3 is 1. The van der Waals surface area contributed by atoms with Crippen molar-refractivity contribution in [1.29, 1.82) is 0 Å². The average Bonchev–Trinajstić information content (AvgIpc) is 3.03. The lowest BCUT2D eigenvalue weighted by atomic mass is 10.1. The molecule has 26 heavy (non-hydrogen) atoms. The van der Waals surface area contributed by atoms with E-state index < -0.39 is 17.9 Å². The molecule has 1 aliphatic heterocycles. The molecule has 1 saturated heterocycles. The van der Waals surface area contributed by atoms with Crippen LogP contribution in [0.15, 0.2) is 48.5 Å². The van der Waals surface area contributed by atoms with Gasteiger partial charge in [0, 0.05) is 23.7 Å². The molecule has 0 spiro atoms. The van der Waals surface area contributed by atoms with E-state index >= 15 is 0 Å². The number of anilines is 1. The second-order valence-electron chi connectivity index (χ2n) is 5.82. The fourth-order valence-corrected chi connectivity index (χ4v) is 2.92. The number of esters is 2. The van der Waals surface area contributed by atoms with Gasteiger partial charge in [-0.15, -0.1) is 0 Å². The Bertz CT molecular complexity index is 849. The molecule has 0 aliphatic carbocycles. The third-order valence-electron chi connectivity index (χ3n) is 4.07. The maximum absolute atomic E-state index is 12.4. The first kappa shape index (κ1) is 17.9. The van der Waals surface area contributed by atoms with E-state index in [0.717, 1.165) is 0 Å². The van der Waals surface area contributed by atoms with Gasteiger partial charge in [0.1, 0.15) is 5.75 Å². The fraction of sp³-hybridized carbons (Fsp3) is 0.211. The summed E-state index contributed by atoms with van der Waals surface area (Å²) in [5.41, 5.74) is 1.01. The van der Waals surface area contributed by atoms with Gasteiger partial charge in [0.25, 0.3) is 0 Å². The fourth-order valence-electron chi connectivity index (χ4n) is 2.74. The SMILES string of the molecule is COC(=O)c1ccc(OC(=O)C2CC(=O)N(c3cccc(Cl)c3)C2)cc1. The molecule has 0 saturated carbocycles. The van der Waals surface area contributed by atoms with Gasteiger partial charge in [-0.2, -0.15) is 0 Å². The van der Waals surface area contributed by atoms with Gasteiger partial charge in [-0.3, -0.25) is 9.59 Å². The van der Waals surface area contributed by atoms with Crippen molar-refractivity contribution in [2.45, 2.75) is 6.42 Å². The van der Waals surface area contributed by atoms with Gasteiger partial charge in [-0.05, 0) is 42.5 Å². The first-order valence-corrected chi connectivity index (χ1v) is 8.31. The first-order valence-electron chi connectivity index (χ1n) is 7.94. The predicted octanol–water partition coefficient (Wildman–Crippen LogP) is 3.09. The topological polar surface area (TPSA) is 72.9 Å². The summed E-state index contributed by atoms with van der Waals surface area (Å²) in [5.74, 6) is -1.39. The van der Waals surface area contributed by atoms with Crippen molar-refractivity contribution in [2.24, 2.45) is 5.92 Å². The molecule has 1 amide bonds. The molecule has 0 bridgehead atoms. The molecule has 6 nitrogen and oxygen atoms in total. The van der Waals surface area contributed by atoms with Crippen LogP contribution in [0, 0.1) is 5.92 Å². The Morgan fingerprint density at radius 1 is 1.15 bits per heavy atom. The Hall–Kier alpha value is -2.86. The van der Waals surface area contributed by atoms with Crippen LogP contribution < -0.4 is 9.64 Å². The predicted molar refractivity (Wildman–Crippen MR) is 95.3 cm³/mol. The van der Waals surface area contributed by atoms with E-state index in [1.807, 2.05) is 0 Å². The summed E-state index contributed by atoms with van der Waals surface area (Å²) < 4.78 is 9.94. The van der Waals surface area contributed by atoms with Gasteiger partial charge in [0.2, 0.25) is 5.91 Å². The highest BCUT2D eigenvalue weighted by molar-refractivity contribution is 6.31. The van der Waals surface area contributed by atoms with Gasteiger partial charge in [0.15, 0.2) is 0 Å². The number of benzene rings is 2. The minimum absolute atomic E-state index is 0.0750. The third-order valence-corrected chi connectivity index (χ3v) is 4.31. The van der Waals surface area contributed by atoms with Gasteiger partial charge < -0.3 is 14.4 Å². The average molecular weight is 374 g/mol. The van der Waals surface area contributed by atoms with E-state index in [1.54, 1.807) is 24.3 Å². The second kappa shape index (κ2) is 7.58. The summed E-state index contributed by atoms with van der Waals surface area (Å²) in [6, 6.07) is 12.9. The van der Waals surface area contributed by atoms with Crippen LogP contribution in [0.4, 0.5) is 5.69 Å². The Morgan fingerprint density at radius 2 is 1.88 bits per heavy atom. The molecule has 1 fully saturated rings. The zero-order valence-electron chi connectivity index (χ0n) is 14.0. The molecule has 3 rings (SSSR count). The zero-order valence-corrected chi connectivity index (χ0v) is 14.7. The molecule has 0 aromatic heterocycles. The minimum atomic E-state index is -0.568. The molecular formula is C19H16ClNO5. The number of nitrogens with zero attached hydrogens (tertiary/aromatic N) is 1. The Balaban J connectivity index is 1.65. The van der Waals surface area contributed by atoms with Crippen LogP contribution in [0.2, 0.25) is 5.02 Å².